The molecule has 0 aromatic rings. The first-order chi connectivity index (χ1) is 4.95. The van der Waals surface area contributed by atoms with Crippen molar-refractivity contribution >= 4 is 14.4 Å². The molecular weight excluding hydrogens is 152 g/mol. The molecule has 0 aliphatic rings. The van der Waals surface area contributed by atoms with Gasteiger partial charge in [-0.3, -0.25) is 4.79 Å². The maximum Gasteiger partial charge on any atom is 0.146 e. The minimum atomic E-state index is -1.26. The summed E-state index contributed by atoms with van der Waals surface area (Å²) < 4.78 is 0. The lowest BCUT2D eigenvalue weighted by Gasteiger charge is -2.02. The number of allylic oxidation sites excluding steroid dienone is 2. The van der Waals surface area contributed by atoms with E-state index in [0.29, 0.717) is 5.57 Å². The molecule has 0 rings (SSSR count). The van der Waals surface area contributed by atoms with Gasteiger partial charge in [0, 0.05) is 0 Å². The molecule has 0 aliphatic carbocycles. The second-order valence-electron chi connectivity index (χ2n) is 3.53. The summed E-state index contributed by atoms with van der Waals surface area (Å²) in [7, 11) is -1.26. The Morgan fingerprint density at radius 1 is 1.36 bits per heavy atom. The lowest BCUT2D eigenvalue weighted by molar-refractivity contribution is -0.104. The highest BCUT2D eigenvalue weighted by Gasteiger charge is 2.06. The lowest BCUT2D eigenvalue weighted by atomic mass is 10.3. The van der Waals surface area contributed by atoms with Crippen LogP contribution in [0, 0.1) is 11.5 Å². The number of hydrogen-bond acceptors (Lipinski definition) is 1. The van der Waals surface area contributed by atoms with Crippen LogP contribution in [0.25, 0.3) is 0 Å². The monoisotopic (exact) mass is 166 g/mol. The number of hydrogen-bond donors (Lipinski definition) is 0. The summed E-state index contributed by atoms with van der Waals surface area (Å²) in [5.74, 6) is 2.89. The predicted octanol–water partition coefficient (Wildman–Crippen LogP) is 2.01. The average Bonchev–Trinajstić information content (AvgIpc) is 1.85. The Hall–Kier alpha value is -0.813. The van der Waals surface area contributed by atoms with Gasteiger partial charge in [0.15, 0.2) is 0 Å². The molecule has 0 spiro atoms. The van der Waals surface area contributed by atoms with Crippen LogP contribution in [0.15, 0.2) is 11.6 Å². The van der Waals surface area contributed by atoms with Crippen molar-refractivity contribution in [1.29, 1.82) is 0 Å². The van der Waals surface area contributed by atoms with Crippen LogP contribution in [0.5, 0.6) is 0 Å². The summed E-state index contributed by atoms with van der Waals surface area (Å²) in [5.41, 5.74) is 3.83. The first-order valence-electron chi connectivity index (χ1n) is 3.60. The molecule has 0 N–H and O–H groups in total. The van der Waals surface area contributed by atoms with Gasteiger partial charge in [0.1, 0.15) is 14.4 Å². The van der Waals surface area contributed by atoms with Crippen molar-refractivity contribution in [3.8, 4) is 11.5 Å². The quantitative estimate of drug-likeness (QED) is 0.252. The van der Waals surface area contributed by atoms with E-state index >= 15 is 0 Å². The van der Waals surface area contributed by atoms with E-state index < -0.39 is 8.07 Å². The number of carbonyl (C=O) groups excluding carboxylic acids is 1. The molecule has 0 bridgehead atoms. The fourth-order valence-corrected chi connectivity index (χ4v) is 0.906. The van der Waals surface area contributed by atoms with Crippen LogP contribution < -0.4 is 0 Å². The van der Waals surface area contributed by atoms with E-state index in [1.165, 1.54) is 0 Å². The molecule has 0 atom stereocenters. The van der Waals surface area contributed by atoms with E-state index in [1.54, 1.807) is 13.0 Å². The maximum atomic E-state index is 10.1. The normalized spacial score (nSPS) is 11.8. The minimum Gasteiger partial charge on any atom is -0.298 e. The van der Waals surface area contributed by atoms with E-state index in [4.69, 9.17) is 0 Å². The van der Waals surface area contributed by atoms with Gasteiger partial charge in [0.25, 0.3) is 0 Å². The molecule has 0 saturated carbocycles. The fourth-order valence-electron chi connectivity index (χ4n) is 0.400. The van der Waals surface area contributed by atoms with Crippen LogP contribution in [0.2, 0.25) is 19.6 Å². The van der Waals surface area contributed by atoms with E-state index in [9.17, 15) is 4.79 Å². The molecule has 0 aromatic carbocycles. The third-order valence-corrected chi connectivity index (χ3v) is 1.83. The summed E-state index contributed by atoms with van der Waals surface area (Å²) >= 11 is 0. The molecule has 0 aliphatic heterocycles. The maximum absolute atomic E-state index is 10.1. The van der Waals surface area contributed by atoms with E-state index in [2.05, 4.69) is 31.1 Å². The predicted molar refractivity (Wildman–Crippen MR) is 50.9 cm³/mol. The molecule has 0 saturated heterocycles. The highest BCUT2D eigenvalue weighted by atomic mass is 28.3. The number of carbonyl (C=O) groups is 1. The highest BCUT2D eigenvalue weighted by molar-refractivity contribution is 6.83. The molecule has 11 heavy (non-hydrogen) atoms. The van der Waals surface area contributed by atoms with Crippen LogP contribution in [-0.2, 0) is 4.79 Å². The van der Waals surface area contributed by atoms with Crippen molar-refractivity contribution in [2.24, 2.45) is 0 Å². The average molecular weight is 166 g/mol. The minimum absolute atomic E-state index is 0.691. The first-order valence-corrected chi connectivity index (χ1v) is 7.10. The van der Waals surface area contributed by atoms with Crippen molar-refractivity contribution < 1.29 is 4.79 Å². The largest absolute Gasteiger partial charge is 0.298 e. The summed E-state index contributed by atoms with van der Waals surface area (Å²) in [6.45, 7) is 8.27. The van der Waals surface area contributed by atoms with E-state index in [1.807, 2.05) is 0 Å². The zero-order valence-corrected chi connectivity index (χ0v) is 8.56. The molecule has 0 aromatic heterocycles. The third-order valence-electron chi connectivity index (χ3n) is 0.933. The SMILES string of the molecule is C/C(C=O)=C/C#C[Si](C)(C)C. The summed E-state index contributed by atoms with van der Waals surface area (Å²) in [4.78, 5) is 10.1. The Morgan fingerprint density at radius 3 is 2.27 bits per heavy atom. The van der Waals surface area contributed by atoms with Crippen molar-refractivity contribution in [3.63, 3.8) is 0 Å². The Labute approximate surface area is 69.5 Å². The van der Waals surface area contributed by atoms with Crippen LogP contribution >= 0.6 is 0 Å². The third kappa shape index (κ3) is 7.08. The molecule has 0 radical (unpaired) electrons. The summed E-state index contributed by atoms with van der Waals surface area (Å²) in [6.07, 6.45) is 2.49. The van der Waals surface area contributed by atoms with Crippen molar-refractivity contribution in [3.05, 3.63) is 11.6 Å². The van der Waals surface area contributed by atoms with Gasteiger partial charge in [-0.15, -0.1) is 5.54 Å². The van der Waals surface area contributed by atoms with Gasteiger partial charge in [-0.2, -0.15) is 0 Å². The smallest absolute Gasteiger partial charge is 0.146 e. The Morgan fingerprint density at radius 2 is 1.91 bits per heavy atom. The Bertz CT molecular complexity index is 222. The second-order valence-corrected chi connectivity index (χ2v) is 8.28. The van der Waals surface area contributed by atoms with Crippen LogP contribution in [0.4, 0.5) is 0 Å². The van der Waals surface area contributed by atoms with Gasteiger partial charge in [0.2, 0.25) is 0 Å². The molecule has 0 heterocycles. The second kappa shape index (κ2) is 4.15. The molecule has 0 unspecified atom stereocenters. The van der Waals surface area contributed by atoms with Gasteiger partial charge in [-0.1, -0.05) is 25.6 Å². The first kappa shape index (κ1) is 10.2. The van der Waals surface area contributed by atoms with Gasteiger partial charge in [-0.05, 0) is 18.6 Å². The topological polar surface area (TPSA) is 17.1 Å². The van der Waals surface area contributed by atoms with E-state index in [-0.39, 0.29) is 0 Å². The molecular formula is C9H14OSi. The highest BCUT2D eigenvalue weighted by Crippen LogP contribution is 1.96. The van der Waals surface area contributed by atoms with Gasteiger partial charge in [0.05, 0.1) is 0 Å². The number of aldehydes is 1. The van der Waals surface area contributed by atoms with Gasteiger partial charge < -0.3 is 0 Å². The van der Waals surface area contributed by atoms with Crippen molar-refractivity contribution in [1.82, 2.24) is 0 Å². The van der Waals surface area contributed by atoms with Crippen molar-refractivity contribution in [2.75, 3.05) is 0 Å². The molecule has 0 fully saturated rings. The summed E-state index contributed by atoms with van der Waals surface area (Å²) in [5, 5.41) is 0. The molecule has 0 amide bonds. The molecule has 1 nitrogen and oxygen atoms in total. The zero-order valence-electron chi connectivity index (χ0n) is 7.56. The van der Waals surface area contributed by atoms with Crippen molar-refractivity contribution in [2.45, 2.75) is 26.6 Å². The zero-order chi connectivity index (χ0) is 8.91. The Kier molecular flexibility index (Phi) is 3.84. The van der Waals surface area contributed by atoms with Crippen LogP contribution in [0.1, 0.15) is 6.92 Å². The molecule has 60 valence electrons. The van der Waals surface area contributed by atoms with Gasteiger partial charge in [-0.25, -0.2) is 0 Å². The van der Waals surface area contributed by atoms with Gasteiger partial charge >= 0.3 is 0 Å². The summed E-state index contributed by atoms with van der Waals surface area (Å²) in [6, 6.07) is 0. The van der Waals surface area contributed by atoms with Crippen LogP contribution in [0.3, 0.4) is 0 Å². The fraction of sp³-hybridized carbons (Fsp3) is 0.444. The molecule has 2 heteroatoms. The lowest BCUT2D eigenvalue weighted by Crippen LogP contribution is -2.16. The van der Waals surface area contributed by atoms with E-state index in [0.717, 1.165) is 6.29 Å². The standard InChI is InChI=1S/C9H14OSi/c1-9(8-10)6-5-7-11(2,3)4/h6,8H,1-4H3/b9-6-. The number of rotatable bonds is 1. The Balaban J connectivity index is 4.22. The van der Waals surface area contributed by atoms with Crippen LogP contribution in [-0.4, -0.2) is 14.4 Å².